The number of hydrogen-bond acceptors (Lipinski definition) is 3. The van der Waals surface area contributed by atoms with E-state index < -0.39 is 0 Å². The maximum Gasteiger partial charge on any atom is 0.148 e. The third kappa shape index (κ3) is 2.33. The van der Waals surface area contributed by atoms with Gasteiger partial charge in [0.2, 0.25) is 0 Å². The smallest absolute Gasteiger partial charge is 0.148 e. The first-order chi connectivity index (χ1) is 9.81. The van der Waals surface area contributed by atoms with Crippen molar-refractivity contribution in [3.8, 4) is 5.69 Å². The maximum atomic E-state index is 14.0. The Hall–Kier alpha value is -1.75. The van der Waals surface area contributed by atoms with Crippen LogP contribution in [0.1, 0.15) is 49.4 Å². The van der Waals surface area contributed by atoms with Crippen LogP contribution in [0.25, 0.3) is 5.69 Å². The fourth-order valence-corrected chi connectivity index (χ4v) is 3.05. The van der Waals surface area contributed by atoms with Crippen LogP contribution in [0.2, 0.25) is 0 Å². The average molecular weight is 274 g/mol. The van der Waals surface area contributed by atoms with Gasteiger partial charge in [0.1, 0.15) is 17.2 Å². The molecule has 0 saturated heterocycles. The van der Waals surface area contributed by atoms with E-state index in [-0.39, 0.29) is 5.82 Å². The first-order valence-corrected chi connectivity index (χ1v) is 7.20. The van der Waals surface area contributed by atoms with Gasteiger partial charge >= 0.3 is 0 Å². The molecule has 2 N–H and O–H groups in total. The molecule has 0 radical (unpaired) electrons. The van der Waals surface area contributed by atoms with Crippen molar-refractivity contribution < 1.29 is 4.39 Å². The molecule has 4 nitrogen and oxygen atoms in total. The summed E-state index contributed by atoms with van der Waals surface area (Å²) in [6, 6.07) is 6.67. The summed E-state index contributed by atoms with van der Waals surface area (Å²) in [4.78, 5) is 0. The Bertz CT molecular complexity index is 587. The van der Waals surface area contributed by atoms with E-state index in [1.165, 1.54) is 25.3 Å². The molecule has 0 unspecified atom stereocenters. The molecule has 1 aromatic carbocycles. The van der Waals surface area contributed by atoms with Gasteiger partial charge in [-0.2, -0.15) is 0 Å². The number of rotatable bonds is 3. The molecule has 1 fully saturated rings. The van der Waals surface area contributed by atoms with E-state index in [4.69, 9.17) is 5.73 Å². The molecule has 0 amide bonds. The SMILES string of the molecule is NCc1nnn(-c2ccccc2F)c1C1CCCCC1. The maximum absolute atomic E-state index is 14.0. The lowest BCUT2D eigenvalue weighted by molar-refractivity contribution is 0.426. The molecule has 0 spiro atoms. The van der Waals surface area contributed by atoms with Gasteiger partial charge in [0.15, 0.2) is 0 Å². The third-order valence-corrected chi connectivity index (χ3v) is 4.04. The number of nitrogens with zero attached hydrogens (tertiary/aromatic N) is 3. The van der Waals surface area contributed by atoms with E-state index >= 15 is 0 Å². The molecule has 5 heteroatoms. The molecular weight excluding hydrogens is 255 g/mol. The van der Waals surface area contributed by atoms with Crippen LogP contribution in [0.3, 0.4) is 0 Å². The van der Waals surface area contributed by atoms with Crippen molar-refractivity contribution in [2.24, 2.45) is 5.73 Å². The standard InChI is InChI=1S/C15H19FN4/c16-12-8-4-5-9-14(12)20-15(13(10-17)18-19-20)11-6-2-1-3-7-11/h4-5,8-9,11H,1-3,6-7,10,17H2. The number of nitrogens with two attached hydrogens (primary N) is 1. The number of para-hydroxylation sites is 1. The number of hydrogen-bond donors (Lipinski definition) is 1. The van der Waals surface area contributed by atoms with Crippen molar-refractivity contribution in [2.75, 3.05) is 0 Å². The minimum Gasteiger partial charge on any atom is -0.325 e. The van der Waals surface area contributed by atoms with Crippen molar-refractivity contribution >= 4 is 0 Å². The zero-order valence-corrected chi connectivity index (χ0v) is 11.4. The molecule has 3 rings (SSSR count). The van der Waals surface area contributed by atoms with Gasteiger partial charge in [-0.25, -0.2) is 9.07 Å². The number of halogens is 1. The molecule has 2 aromatic rings. The number of benzene rings is 1. The highest BCUT2D eigenvalue weighted by Crippen LogP contribution is 2.35. The minimum atomic E-state index is -0.280. The highest BCUT2D eigenvalue weighted by molar-refractivity contribution is 5.36. The zero-order chi connectivity index (χ0) is 13.9. The van der Waals surface area contributed by atoms with Gasteiger partial charge in [-0.3, -0.25) is 0 Å². The first-order valence-electron chi connectivity index (χ1n) is 7.20. The van der Waals surface area contributed by atoms with Gasteiger partial charge in [0.05, 0.1) is 5.69 Å². The van der Waals surface area contributed by atoms with Crippen LogP contribution in [-0.2, 0) is 6.54 Å². The Kier molecular flexibility index (Phi) is 3.78. The summed E-state index contributed by atoms with van der Waals surface area (Å²) in [5, 5.41) is 8.29. The van der Waals surface area contributed by atoms with Crippen molar-refractivity contribution in [3.05, 3.63) is 41.5 Å². The molecule has 1 saturated carbocycles. The van der Waals surface area contributed by atoms with E-state index in [9.17, 15) is 4.39 Å². The van der Waals surface area contributed by atoms with Gasteiger partial charge in [-0.1, -0.05) is 36.6 Å². The molecule has 0 aliphatic heterocycles. The van der Waals surface area contributed by atoms with E-state index in [1.54, 1.807) is 16.8 Å². The lowest BCUT2D eigenvalue weighted by atomic mass is 9.86. The second-order valence-electron chi connectivity index (χ2n) is 5.32. The molecule has 1 aliphatic rings. The Balaban J connectivity index is 2.07. The third-order valence-electron chi connectivity index (χ3n) is 4.04. The normalized spacial score (nSPS) is 16.5. The summed E-state index contributed by atoms with van der Waals surface area (Å²) in [5.41, 5.74) is 8.03. The highest BCUT2D eigenvalue weighted by atomic mass is 19.1. The van der Waals surface area contributed by atoms with Gasteiger partial charge in [-0.15, -0.1) is 5.10 Å². The molecule has 1 aromatic heterocycles. The molecule has 0 bridgehead atoms. The second kappa shape index (κ2) is 5.71. The van der Waals surface area contributed by atoms with Gasteiger partial charge in [-0.05, 0) is 25.0 Å². The summed E-state index contributed by atoms with van der Waals surface area (Å²) < 4.78 is 15.7. The molecule has 1 aliphatic carbocycles. The average Bonchev–Trinajstić information content (AvgIpc) is 2.92. The summed E-state index contributed by atoms with van der Waals surface area (Å²) >= 11 is 0. The van der Waals surface area contributed by atoms with Crippen LogP contribution in [0, 0.1) is 5.82 Å². The fourth-order valence-electron chi connectivity index (χ4n) is 3.05. The molecule has 106 valence electrons. The van der Waals surface area contributed by atoms with Crippen LogP contribution in [0.4, 0.5) is 4.39 Å². The Labute approximate surface area is 117 Å². The summed E-state index contributed by atoms with van der Waals surface area (Å²) in [7, 11) is 0. The second-order valence-corrected chi connectivity index (χ2v) is 5.32. The van der Waals surface area contributed by atoms with Crippen molar-refractivity contribution in [2.45, 2.75) is 44.6 Å². The monoisotopic (exact) mass is 274 g/mol. The topological polar surface area (TPSA) is 56.7 Å². The summed E-state index contributed by atoms with van der Waals surface area (Å²) in [6.45, 7) is 0.348. The van der Waals surface area contributed by atoms with Crippen LogP contribution < -0.4 is 5.73 Å². The zero-order valence-electron chi connectivity index (χ0n) is 11.4. The predicted molar refractivity (Wildman–Crippen MR) is 75.0 cm³/mol. The van der Waals surface area contributed by atoms with Crippen LogP contribution in [-0.4, -0.2) is 15.0 Å². The quantitative estimate of drug-likeness (QED) is 0.936. The van der Waals surface area contributed by atoms with Gasteiger partial charge in [0, 0.05) is 12.5 Å². The van der Waals surface area contributed by atoms with E-state index in [0.717, 1.165) is 24.2 Å². The van der Waals surface area contributed by atoms with Gasteiger partial charge < -0.3 is 5.73 Å². The summed E-state index contributed by atoms with van der Waals surface area (Å²) in [6.07, 6.45) is 5.90. The Morgan fingerprint density at radius 3 is 2.65 bits per heavy atom. The lowest BCUT2D eigenvalue weighted by Gasteiger charge is -2.23. The molecule has 20 heavy (non-hydrogen) atoms. The minimum absolute atomic E-state index is 0.280. The largest absolute Gasteiger partial charge is 0.325 e. The first kappa shape index (κ1) is 13.2. The van der Waals surface area contributed by atoms with Crippen molar-refractivity contribution in [1.82, 2.24) is 15.0 Å². The van der Waals surface area contributed by atoms with Crippen molar-refractivity contribution in [1.29, 1.82) is 0 Å². The van der Waals surface area contributed by atoms with E-state index in [1.807, 2.05) is 6.07 Å². The van der Waals surface area contributed by atoms with Crippen molar-refractivity contribution in [3.63, 3.8) is 0 Å². The summed E-state index contributed by atoms with van der Waals surface area (Å²) in [5.74, 6) is 0.106. The molecule has 1 heterocycles. The number of aromatic nitrogens is 3. The van der Waals surface area contributed by atoms with E-state index in [0.29, 0.717) is 18.2 Å². The van der Waals surface area contributed by atoms with Crippen LogP contribution in [0.5, 0.6) is 0 Å². The molecular formula is C15H19FN4. The van der Waals surface area contributed by atoms with E-state index in [2.05, 4.69) is 10.3 Å². The van der Waals surface area contributed by atoms with Crippen LogP contribution in [0.15, 0.2) is 24.3 Å². The highest BCUT2D eigenvalue weighted by Gasteiger charge is 2.25. The molecule has 0 atom stereocenters. The Morgan fingerprint density at radius 1 is 1.20 bits per heavy atom. The fraction of sp³-hybridized carbons (Fsp3) is 0.467. The lowest BCUT2D eigenvalue weighted by Crippen LogP contribution is -2.14. The Morgan fingerprint density at radius 2 is 1.95 bits per heavy atom. The van der Waals surface area contributed by atoms with Crippen LogP contribution >= 0.6 is 0 Å². The predicted octanol–water partition coefficient (Wildman–Crippen LogP) is 2.91. The van der Waals surface area contributed by atoms with Gasteiger partial charge in [0.25, 0.3) is 0 Å².